The maximum Gasteiger partial charge on any atom is 0.301 e. The number of hydrazone groups is 1. The molecule has 0 spiro atoms. The Labute approximate surface area is 143 Å². The van der Waals surface area contributed by atoms with E-state index in [-0.39, 0.29) is 17.3 Å². The number of anilines is 1. The summed E-state index contributed by atoms with van der Waals surface area (Å²) < 4.78 is 0. The highest BCUT2D eigenvalue weighted by Crippen LogP contribution is 2.29. The minimum Gasteiger partial charge on any atom is -0.272 e. The second-order valence-corrected chi connectivity index (χ2v) is 5.13. The van der Waals surface area contributed by atoms with Gasteiger partial charge in [0.25, 0.3) is 5.69 Å². The molecular weight excluding hydrogens is 324 g/mol. The quantitative estimate of drug-likeness (QED) is 0.334. The van der Waals surface area contributed by atoms with Gasteiger partial charge in [-0.3, -0.25) is 25.7 Å². The van der Waals surface area contributed by atoms with Gasteiger partial charge in [-0.05, 0) is 18.1 Å². The number of hydrogen-bond acceptors (Lipinski definition) is 6. The highest BCUT2D eigenvalue weighted by molar-refractivity contribution is 5.67. The standard InChI is InChI=1S/C17H16N4O4/c1-2-13(14-6-4-3-5-7-14)10-11-18-19-16-9-8-15(20(22)23)12-17(16)21(24)25/h2-9,11-13,19H,1,10H2/t13-/m1/s1. The molecule has 0 saturated heterocycles. The monoisotopic (exact) mass is 340 g/mol. The summed E-state index contributed by atoms with van der Waals surface area (Å²) in [5, 5.41) is 25.7. The van der Waals surface area contributed by atoms with Crippen LogP contribution in [0.5, 0.6) is 0 Å². The lowest BCUT2D eigenvalue weighted by Gasteiger charge is -2.09. The summed E-state index contributed by atoms with van der Waals surface area (Å²) in [7, 11) is 0. The van der Waals surface area contributed by atoms with Crippen molar-refractivity contribution in [3.8, 4) is 0 Å². The first-order valence-corrected chi connectivity index (χ1v) is 7.40. The summed E-state index contributed by atoms with van der Waals surface area (Å²) in [6, 6.07) is 13.1. The number of allylic oxidation sites excluding steroid dienone is 1. The van der Waals surface area contributed by atoms with E-state index in [1.807, 2.05) is 30.3 Å². The number of rotatable bonds is 8. The van der Waals surface area contributed by atoms with Crippen molar-refractivity contribution in [1.29, 1.82) is 0 Å². The van der Waals surface area contributed by atoms with Crippen molar-refractivity contribution < 1.29 is 9.85 Å². The van der Waals surface area contributed by atoms with Gasteiger partial charge < -0.3 is 0 Å². The minimum atomic E-state index is -0.693. The molecule has 2 aromatic carbocycles. The smallest absolute Gasteiger partial charge is 0.272 e. The van der Waals surface area contributed by atoms with Gasteiger partial charge in [-0.25, -0.2) is 0 Å². The molecule has 0 saturated carbocycles. The molecule has 2 rings (SSSR count). The lowest BCUT2D eigenvalue weighted by molar-refractivity contribution is -0.393. The van der Waals surface area contributed by atoms with Crippen LogP contribution in [0.3, 0.4) is 0 Å². The Balaban J connectivity index is 2.07. The first-order valence-electron chi connectivity index (χ1n) is 7.40. The van der Waals surface area contributed by atoms with Crippen molar-refractivity contribution in [2.45, 2.75) is 12.3 Å². The van der Waals surface area contributed by atoms with Crippen molar-refractivity contribution >= 4 is 23.3 Å². The molecule has 0 aromatic heterocycles. The molecule has 0 fully saturated rings. The van der Waals surface area contributed by atoms with Crippen LogP contribution in [0.15, 0.2) is 66.3 Å². The van der Waals surface area contributed by atoms with Gasteiger partial charge in [-0.2, -0.15) is 5.10 Å². The van der Waals surface area contributed by atoms with Gasteiger partial charge >= 0.3 is 5.69 Å². The molecule has 0 aliphatic heterocycles. The van der Waals surface area contributed by atoms with E-state index < -0.39 is 15.5 Å². The molecule has 0 bridgehead atoms. The summed E-state index contributed by atoms with van der Waals surface area (Å²) in [6.07, 6.45) is 3.95. The number of nitrogens with one attached hydrogen (secondary N) is 1. The van der Waals surface area contributed by atoms with Crippen molar-refractivity contribution in [3.05, 3.63) is 87.0 Å². The van der Waals surface area contributed by atoms with Crippen LogP contribution in [0, 0.1) is 20.2 Å². The molecule has 2 aromatic rings. The predicted octanol–water partition coefficient (Wildman–Crippen LogP) is 4.26. The molecule has 0 aliphatic carbocycles. The average molecular weight is 340 g/mol. The molecule has 0 heterocycles. The summed E-state index contributed by atoms with van der Waals surface area (Å²) >= 11 is 0. The second kappa shape index (κ2) is 8.34. The van der Waals surface area contributed by atoms with Gasteiger partial charge in [0.2, 0.25) is 0 Å². The van der Waals surface area contributed by atoms with Crippen LogP contribution in [0.1, 0.15) is 17.9 Å². The normalized spacial score (nSPS) is 11.8. The van der Waals surface area contributed by atoms with Crippen LogP contribution < -0.4 is 5.43 Å². The zero-order chi connectivity index (χ0) is 18.2. The fraction of sp³-hybridized carbons (Fsp3) is 0.118. The van der Waals surface area contributed by atoms with Crippen LogP contribution in [0.25, 0.3) is 0 Å². The Morgan fingerprint density at radius 2 is 1.84 bits per heavy atom. The lowest BCUT2D eigenvalue weighted by atomic mass is 9.97. The highest BCUT2D eigenvalue weighted by atomic mass is 16.6. The van der Waals surface area contributed by atoms with Crippen LogP contribution >= 0.6 is 0 Å². The Bertz CT molecular complexity index is 806. The van der Waals surface area contributed by atoms with Gasteiger partial charge in [0, 0.05) is 18.2 Å². The summed E-state index contributed by atoms with van der Waals surface area (Å²) in [6.45, 7) is 3.80. The van der Waals surface area contributed by atoms with Gasteiger partial charge in [0.15, 0.2) is 0 Å². The minimum absolute atomic E-state index is 0.0681. The van der Waals surface area contributed by atoms with E-state index in [9.17, 15) is 20.2 Å². The third kappa shape index (κ3) is 4.71. The molecule has 0 radical (unpaired) electrons. The number of nitro benzene ring substituents is 2. The maximum absolute atomic E-state index is 11.0. The van der Waals surface area contributed by atoms with Gasteiger partial charge in [-0.15, -0.1) is 6.58 Å². The van der Waals surface area contributed by atoms with E-state index in [2.05, 4.69) is 17.1 Å². The Hall–Kier alpha value is -3.55. The molecule has 1 N–H and O–H groups in total. The SMILES string of the molecule is C=C[C@H](CC=NNc1ccc([N+](=O)[O-])cc1[N+](=O)[O-])c1ccccc1. The number of nitro groups is 2. The zero-order valence-electron chi connectivity index (χ0n) is 13.2. The van der Waals surface area contributed by atoms with E-state index in [1.54, 1.807) is 12.3 Å². The Morgan fingerprint density at radius 1 is 1.12 bits per heavy atom. The van der Waals surface area contributed by atoms with E-state index >= 15 is 0 Å². The summed E-state index contributed by atoms with van der Waals surface area (Å²) in [4.78, 5) is 20.4. The topological polar surface area (TPSA) is 111 Å². The fourth-order valence-corrected chi connectivity index (χ4v) is 2.23. The first-order chi connectivity index (χ1) is 12.0. The van der Waals surface area contributed by atoms with Crippen LogP contribution in [0.4, 0.5) is 17.1 Å². The number of non-ortho nitro benzene ring substituents is 1. The number of benzene rings is 2. The molecule has 8 nitrogen and oxygen atoms in total. The molecule has 128 valence electrons. The maximum atomic E-state index is 11.0. The van der Waals surface area contributed by atoms with Gasteiger partial charge in [0.05, 0.1) is 15.9 Å². The summed E-state index contributed by atoms with van der Waals surface area (Å²) in [5.41, 5.74) is 2.98. The van der Waals surface area contributed by atoms with Gasteiger partial charge in [-0.1, -0.05) is 36.4 Å². The van der Waals surface area contributed by atoms with Crippen LogP contribution in [-0.2, 0) is 0 Å². The largest absolute Gasteiger partial charge is 0.301 e. The molecule has 0 aliphatic rings. The Kier molecular flexibility index (Phi) is 5.94. The summed E-state index contributed by atoms with van der Waals surface area (Å²) in [5.74, 6) is 0.0681. The number of nitrogens with zero attached hydrogens (tertiary/aromatic N) is 3. The van der Waals surface area contributed by atoms with Crippen molar-refractivity contribution in [3.63, 3.8) is 0 Å². The predicted molar refractivity (Wildman–Crippen MR) is 95.9 cm³/mol. The molecular formula is C17H16N4O4. The van der Waals surface area contributed by atoms with E-state index in [0.29, 0.717) is 6.42 Å². The van der Waals surface area contributed by atoms with Crippen LogP contribution in [-0.4, -0.2) is 16.1 Å². The van der Waals surface area contributed by atoms with Crippen molar-refractivity contribution in [2.24, 2.45) is 5.10 Å². The third-order valence-corrected chi connectivity index (χ3v) is 3.54. The molecule has 25 heavy (non-hydrogen) atoms. The van der Waals surface area contributed by atoms with Crippen molar-refractivity contribution in [2.75, 3.05) is 5.43 Å². The Morgan fingerprint density at radius 3 is 2.44 bits per heavy atom. The fourth-order valence-electron chi connectivity index (χ4n) is 2.23. The molecule has 1 atom stereocenters. The average Bonchev–Trinajstić information content (AvgIpc) is 2.62. The highest BCUT2D eigenvalue weighted by Gasteiger charge is 2.19. The molecule has 0 amide bonds. The molecule has 0 unspecified atom stereocenters. The lowest BCUT2D eigenvalue weighted by Crippen LogP contribution is -2.00. The van der Waals surface area contributed by atoms with Crippen molar-refractivity contribution in [1.82, 2.24) is 0 Å². The first kappa shape index (κ1) is 17.8. The zero-order valence-corrected chi connectivity index (χ0v) is 13.2. The van der Waals surface area contributed by atoms with Gasteiger partial charge in [0.1, 0.15) is 5.69 Å². The third-order valence-electron chi connectivity index (χ3n) is 3.54. The van der Waals surface area contributed by atoms with E-state index in [4.69, 9.17) is 0 Å². The second-order valence-electron chi connectivity index (χ2n) is 5.13. The van der Waals surface area contributed by atoms with E-state index in [1.165, 1.54) is 12.1 Å². The van der Waals surface area contributed by atoms with Crippen LogP contribution in [0.2, 0.25) is 0 Å². The number of hydrogen-bond donors (Lipinski definition) is 1. The van der Waals surface area contributed by atoms with E-state index in [0.717, 1.165) is 11.6 Å². The molecule has 8 heteroatoms.